The van der Waals surface area contributed by atoms with Crippen LogP contribution < -0.4 is 10.6 Å². The van der Waals surface area contributed by atoms with Crippen molar-refractivity contribution < 1.29 is 19.1 Å². The summed E-state index contributed by atoms with van der Waals surface area (Å²) in [4.78, 5) is 39.6. The number of hydrogen-bond donors (Lipinski definition) is 2. The largest absolute Gasteiger partial charge is 0.462 e. The van der Waals surface area contributed by atoms with Crippen LogP contribution in [0.3, 0.4) is 0 Å². The molecule has 0 bridgehead atoms. The topological polar surface area (TPSA) is 120 Å². The maximum absolute atomic E-state index is 12.5. The summed E-state index contributed by atoms with van der Waals surface area (Å²) in [5.74, 6) is 0.331. The van der Waals surface area contributed by atoms with Gasteiger partial charge in [-0.1, -0.05) is 88.6 Å². The molecule has 0 fully saturated rings. The molecule has 0 aliphatic heterocycles. The first-order valence-corrected chi connectivity index (χ1v) is 18.8. The van der Waals surface area contributed by atoms with Gasteiger partial charge in [0.15, 0.2) is 5.82 Å². The van der Waals surface area contributed by atoms with Gasteiger partial charge in [0, 0.05) is 17.6 Å². The number of hydrogen-bond acceptors (Lipinski definition) is 9. The third-order valence-electron chi connectivity index (χ3n) is 8.67. The van der Waals surface area contributed by atoms with Crippen molar-refractivity contribution in [2.24, 2.45) is 0 Å². The highest BCUT2D eigenvalue weighted by Crippen LogP contribution is 2.33. The van der Waals surface area contributed by atoms with Crippen LogP contribution in [0.2, 0.25) is 0 Å². The highest BCUT2D eigenvalue weighted by molar-refractivity contribution is 5.90. The SMILES string of the molecule is C/C=C(\C=C/CCC)C(c1ccccc1)n1cccc1-c1nc(Nc2ccc(C(=O)OCCCC)cc2)nc(Nc2ccc(C(=O)OCCCC)cc2)n1. The van der Waals surface area contributed by atoms with Gasteiger partial charge in [-0.15, -0.1) is 0 Å². The zero-order valence-corrected chi connectivity index (χ0v) is 31.6. The Bertz CT molecular complexity index is 1920. The van der Waals surface area contributed by atoms with Gasteiger partial charge in [-0.25, -0.2) is 9.59 Å². The smallest absolute Gasteiger partial charge is 0.338 e. The molecule has 3 aromatic carbocycles. The lowest BCUT2D eigenvalue weighted by Gasteiger charge is -2.24. The van der Waals surface area contributed by atoms with E-state index in [2.05, 4.69) is 73.3 Å². The van der Waals surface area contributed by atoms with E-state index < -0.39 is 0 Å². The van der Waals surface area contributed by atoms with Gasteiger partial charge in [-0.05, 0) is 98.0 Å². The van der Waals surface area contributed by atoms with Crippen LogP contribution in [0.4, 0.5) is 23.3 Å². The first-order valence-electron chi connectivity index (χ1n) is 18.8. The van der Waals surface area contributed by atoms with Crippen LogP contribution in [0.15, 0.2) is 121 Å². The number of nitrogens with one attached hydrogen (secondary N) is 2. The predicted octanol–water partition coefficient (Wildman–Crippen LogP) is 10.6. The number of ether oxygens (including phenoxy) is 2. The van der Waals surface area contributed by atoms with E-state index in [4.69, 9.17) is 24.4 Å². The van der Waals surface area contributed by atoms with Crippen molar-refractivity contribution in [3.63, 3.8) is 0 Å². The number of allylic oxidation sites excluding steroid dienone is 4. The average molecular weight is 727 g/mol. The number of unbranched alkanes of at least 4 members (excludes halogenated alkanes) is 3. The van der Waals surface area contributed by atoms with Crippen LogP contribution in [0.1, 0.15) is 98.5 Å². The zero-order chi connectivity index (χ0) is 38.1. The highest BCUT2D eigenvalue weighted by Gasteiger charge is 2.22. The summed E-state index contributed by atoms with van der Waals surface area (Å²) in [6.45, 7) is 9.11. The molecule has 5 aromatic rings. The van der Waals surface area contributed by atoms with Crippen molar-refractivity contribution in [1.29, 1.82) is 0 Å². The minimum atomic E-state index is -0.358. The molecule has 2 heterocycles. The number of anilines is 4. The lowest BCUT2D eigenvalue weighted by molar-refractivity contribution is 0.0490. The second-order valence-electron chi connectivity index (χ2n) is 12.8. The van der Waals surface area contributed by atoms with E-state index in [1.54, 1.807) is 48.5 Å². The molecule has 0 spiro atoms. The number of carbonyl (C=O) groups is 2. The highest BCUT2D eigenvalue weighted by atomic mass is 16.5. The first-order chi connectivity index (χ1) is 26.4. The molecule has 0 aliphatic carbocycles. The predicted molar refractivity (Wildman–Crippen MR) is 215 cm³/mol. The standard InChI is InChI=1S/C44H50N6O4/c1-5-9-13-17-32(8-4)39(33-18-14-12-15-19-33)50-29-16-20-38(50)40-47-43(45-36-25-21-34(22-26-36)41(51)53-30-10-6-2)49-44(48-40)46-37-27-23-35(24-28-37)42(52)54-31-11-7-3/h8,12-29,39H,5-7,9-11,30-31H2,1-4H3,(H2,45,46,47,48,49)/b17-13-,32-8+. The number of esters is 2. The van der Waals surface area contributed by atoms with E-state index in [0.717, 1.165) is 55.4 Å². The molecule has 0 amide bonds. The minimum absolute atomic E-state index is 0.145. The molecular weight excluding hydrogens is 677 g/mol. The average Bonchev–Trinajstić information content (AvgIpc) is 3.68. The Morgan fingerprint density at radius 1 is 0.704 bits per heavy atom. The summed E-state index contributed by atoms with van der Waals surface area (Å²) in [6.07, 6.45) is 14.2. The number of rotatable bonds is 19. The molecule has 0 saturated heterocycles. The van der Waals surface area contributed by atoms with Crippen molar-refractivity contribution >= 4 is 35.2 Å². The van der Waals surface area contributed by atoms with Gasteiger partial charge in [0.05, 0.1) is 36.1 Å². The second-order valence-corrected chi connectivity index (χ2v) is 12.8. The number of aromatic nitrogens is 4. The Kier molecular flexibility index (Phi) is 14.7. The molecule has 5 rings (SSSR count). The van der Waals surface area contributed by atoms with E-state index in [1.807, 2.05) is 36.5 Å². The quantitative estimate of drug-likeness (QED) is 0.0486. The molecular formula is C44H50N6O4. The lowest BCUT2D eigenvalue weighted by Crippen LogP contribution is -2.14. The van der Waals surface area contributed by atoms with Crippen molar-refractivity contribution in [1.82, 2.24) is 19.5 Å². The third kappa shape index (κ3) is 10.8. The molecule has 0 saturated carbocycles. The monoisotopic (exact) mass is 726 g/mol. The van der Waals surface area contributed by atoms with Crippen molar-refractivity contribution in [2.75, 3.05) is 23.8 Å². The molecule has 10 nitrogen and oxygen atoms in total. The van der Waals surface area contributed by atoms with Gasteiger partial charge >= 0.3 is 11.9 Å². The maximum atomic E-state index is 12.5. The van der Waals surface area contributed by atoms with Gasteiger partial charge < -0.3 is 24.7 Å². The molecule has 54 heavy (non-hydrogen) atoms. The second kappa shape index (κ2) is 20.3. The first kappa shape index (κ1) is 39.2. The van der Waals surface area contributed by atoms with E-state index in [9.17, 15) is 9.59 Å². The molecule has 10 heteroatoms. The van der Waals surface area contributed by atoms with Gasteiger partial charge in [0.25, 0.3) is 0 Å². The van der Waals surface area contributed by atoms with Crippen molar-refractivity contribution in [3.05, 3.63) is 138 Å². The van der Waals surface area contributed by atoms with Gasteiger partial charge in [0.1, 0.15) is 0 Å². The number of nitrogens with zero attached hydrogens (tertiary/aromatic N) is 4. The Labute approximate surface area is 318 Å². The van der Waals surface area contributed by atoms with Crippen molar-refractivity contribution in [3.8, 4) is 11.5 Å². The van der Waals surface area contributed by atoms with Crippen LogP contribution in [0, 0.1) is 0 Å². The summed E-state index contributed by atoms with van der Waals surface area (Å²) in [5.41, 5.74) is 5.34. The van der Waals surface area contributed by atoms with Crippen LogP contribution in [0.5, 0.6) is 0 Å². The van der Waals surface area contributed by atoms with E-state index >= 15 is 0 Å². The summed E-state index contributed by atoms with van der Waals surface area (Å²) < 4.78 is 12.9. The number of benzene rings is 3. The van der Waals surface area contributed by atoms with Gasteiger partial charge in [-0.2, -0.15) is 15.0 Å². The molecule has 280 valence electrons. The van der Waals surface area contributed by atoms with E-state index in [1.165, 1.54) is 0 Å². The van der Waals surface area contributed by atoms with Gasteiger partial charge in [-0.3, -0.25) is 0 Å². The maximum Gasteiger partial charge on any atom is 0.338 e. The molecule has 1 atom stereocenters. The third-order valence-corrected chi connectivity index (χ3v) is 8.67. The molecule has 0 aliphatic rings. The zero-order valence-electron chi connectivity index (χ0n) is 31.6. The van der Waals surface area contributed by atoms with Crippen LogP contribution in [-0.2, 0) is 9.47 Å². The number of carbonyl (C=O) groups excluding carboxylic acids is 2. The van der Waals surface area contributed by atoms with Crippen LogP contribution in [0.25, 0.3) is 11.5 Å². The minimum Gasteiger partial charge on any atom is -0.462 e. The van der Waals surface area contributed by atoms with Crippen molar-refractivity contribution in [2.45, 2.75) is 72.3 Å². The summed E-state index contributed by atoms with van der Waals surface area (Å²) in [6, 6.07) is 28.3. The Hall–Kier alpha value is -6.03. The van der Waals surface area contributed by atoms with Crippen LogP contribution >= 0.6 is 0 Å². The summed E-state index contributed by atoms with van der Waals surface area (Å²) in [5, 5.41) is 6.60. The Morgan fingerprint density at radius 2 is 1.26 bits per heavy atom. The lowest BCUT2D eigenvalue weighted by atomic mass is 9.97. The van der Waals surface area contributed by atoms with E-state index in [-0.39, 0.29) is 18.0 Å². The molecule has 0 radical (unpaired) electrons. The Balaban J connectivity index is 1.51. The van der Waals surface area contributed by atoms with Gasteiger partial charge in [0.2, 0.25) is 11.9 Å². The summed E-state index contributed by atoms with van der Waals surface area (Å²) >= 11 is 0. The normalized spacial score (nSPS) is 12.0. The summed E-state index contributed by atoms with van der Waals surface area (Å²) in [7, 11) is 0. The fourth-order valence-corrected chi connectivity index (χ4v) is 5.71. The molecule has 2 N–H and O–H groups in total. The fourth-order valence-electron chi connectivity index (χ4n) is 5.71. The van der Waals surface area contributed by atoms with E-state index in [0.29, 0.717) is 53.4 Å². The van der Waals surface area contributed by atoms with Crippen LogP contribution in [-0.4, -0.2) is 44.7 Å². The molecule has 1 unspecified atom stereocenters. The molecule has 2 aromatic heterocycles. The fraction of sp³-hybridized carbons (Fsp3) is 0.295. The Morgan fingerprint density at radius 3 is 1.76 bits per heavy atom.